The van der Waals surface area contributed by atoms with Crippen LogP contribution in [0.2, 0.25) is 18.1 Å². The van der Waals surface area contributed by atoms with E-state index in [1.165, 1.54) is 0 Å². The van der Waals surface area contributed by atoms with Crippen LogP contribution in [-0.2, 0) is 11.0 Å². The molecule has 0 amide bonds. The predicted octanol–water partition coefficient (Wildman–Crippen LogP) is 7.31. The highest BCUT2D eigenvalue weighted by Gasteiger charge is 2.40. The van der Waals surface area contributed by atoms with Crippen LogP contribution >= 0.6 is 0 Å². The molecule has 1 N–H and O–H groups in total. The van der Waals surface area contributed by atoms with Gasteiger partial charge in [0, 0.05) is 47.8 Å². The van der Waals surface area contributed by atoms with Gasteiger partial charge in [-0.25, -0.2) is 19.3 Å². The van der Waals surface area contributed by atoms with Gasteiger partial charge in [-0.05, 0) is 80.1 Å². The van der Waals surface area contributed by atoms with Crippen molar-refractivity contribution in [3.63, 3.8) is 0 Å². The second-order valence-electron chi connectivity index (χ2n) is 12.8. The molecule has 5 aromatic rings. The first-order valence-electron chi connectivity index (χ1n) is 14.4. The minimum absolute atomic E-state index is 0.0373. The molecule has 0 atom stereocenters. The Balaban J connectivity index is 1.33. The Bertz CT molecular complexity index is 1700. The Kier molecular flexibility index (Phi) is 6.79. The summed E-state index contributed by atoms with van der Waals surface area (Å²) >= 11 is 0. The van der Waals surface area contributed by atoms with E-state index >= 15 is 0 Å². The number of benzene rings is 1. The van der Waals surface area contributed by atoms with E-state index < -0.39 is 8.32 Å². The molecular formula is C32H39N5O2Si. The van der Waals surface area contributed by atoms with Gasteiger partial charge in [0.2, 0.25) is 0 Å². The van der Waals surface area contributed by atoms with Crippen molar-refractivity contribution in [2.24, 2.45) is 5.92 Å². The van der Waals surface area contributed by atoms with Crippen LogP contribution in [-0.4, -0.2) is 38.5 Å². The molecule has 4 aromatic heterocycles. The number of aromatic nitrogens is 5. The van der Waals surface area contributed by atoms with Crippen molar-refractivity contribution in [3.05, 3.63) is 77.6 Å². The third kappa shape index (κ3) is 4.95. The molecule has 1 fully saturated rings. The second kappa shape index (κ2) is 10.2. The fraction of sp³-hybridized carbons (Fsp3) is 0.406. The molecule has 1 saturated carbocycles. The monoisotopic (exact) mass is 553 g/mol. The summed E-state index contributed by atoms with van der Waals surface area (Å²) in [5, 5.41) is 1.26. The number of pyridine rings is 2. The van der Waals surface area contributed by atoms with Crippen LogP contribution < -0.4 is 5.69 Å². The maximum absolute atomic E-state index is 14.0. The topological polar surface area (TPSA) is 77.7 Å². The first-order valence-corrected chi connectivity index (χ1v) is 17.3. The molecule has 4 heterocycles. The average Bonchev–Trinajstić information content (AvgIpc) is 3.51. The number of H-pyrrole nitrogens is 1. The molecule has 0 bridgehead atoms. The Morgan fingerprint density at radius 3 is 2.40 bits per heavy atom. The second-order valence-corrected chi connectivity index (χ2v) is 17.5. The minimum Gasteiger partial charge on any atom is -0.414 e. The summed E-state index contributed by atoms with van der Waals surface area (Å²) in [6.45, 7) is 12.3. The van der Waals surface area contributed by atoms with Gasteiger partial charge in [0.15, 0.2) is 14.0 Å². The van der Waals surface area contributed by atoms with E-state index in [1.54, 1.807) is 4.57 Å². The lowest BCUT2D eigenvalue weighted by molar-refractivity contribution is 0.112. The summed E-state index contributed by atoms with van der Waals surface area (Å²) in [4.78, 5) is 26.5. The van der Waals surface area contributed by atoms with Crippen molar-refractivity contribution in [3.8, 4) is 16.8 Å². The molecule has 6 rings (SSSR count). The van der Waals surface area contributed by atoms with Gasteiger partial charge in [-0.2, -0.15) is 0 Å². The number of nitrogens with zero attached hydrogens (tertiary/aromatic N) is 4. The lowest BCUT2D eigenvalue weighted by Gasteiger charge is -2.41. The molecule has 40 heavy (non-hydrogen) atoms. The van der Waals surface area contributed by atoms with Crippen LogP contribution in [0.5, 0.6) is 0 Å². The molecule has 0 radical (unpaired) electrons. The van der Waals surface area contributed by atoms with Gasteiger partial charge in [0.1, 0.15) is 5.65 Å². The zero-order chi connectivity index (χ0) is 28.1. The number of para-hydroxylation sites is 1. The lowest BCUT2D eigenvalue weighted by Crippen LogP contribution is -2.44. The SMILES string of the molecule is CC(C)(C)[Si](C)(C)OC1CCC(Cn2c(=O)n(-c3ccccc3)c3ncc(-c4cnc5[nH]ccc5c4)cc32)CC1. The van der Waals surface area contributed by atoms with Gasteiger partial charge < -0.3 is 9.41 Å². The average molecular weight is 554 g/mol. The molecule has 1 aliphatic rings. The molecule has 0 spiro atoms. The first-order chi connectivity index (χ1) is 19.1. The van der Waals surface area contributed by atoms with Crippen molar-refractivity contribution in [1.82, 2.24) is 24.1 Å². The molecule has 7 nitrogen and oxygen atoms in total. The van der Waals surface area contributed by atoms with Gasteiger partial charge >= 0.3 is 5.69 Å². The number of fused-ring (bicyclic) bond motifs is 2. The molecule has 0 unspecified atom stereocenters. The quantitative estimate of drug-likeness (QED) is 0.224. The van der Waals surface area contributed by atoms with E-state index in [1.807, 2.05) is 59.6 Å². The van der Waals surface area contributed by atoms with E-state index in [4.69, 9.17) is 9.41 Å². The zero-order valence-corrected chi connectivity index (χ0v) is 25.1. The van der Waals surface area contributed by atoms with Crippen molar-refractivity contribution in [1.29, 1.82) is 0 Å². The molecule has 0 aliphatic heterocycles. The largest absolute Gasteiger partial charge is 0.414 e. The van der Waals surface area contributed by atoms with Gasteiger partial charge in [-0.15, -0.1) is 0 Å². The van der Waals surface area contributed by atoms with E-state index in [0.717, 1.165) is 59.0 Å². The standard InChI is InChI=1S/C32H39N5O2Si/c1-32(2,3)40(4,5)39-27-13-11-22(12-14-27)21-36-28-18-25(24-17-23-15-16-33-29(23)34-19-24)20-35-30(28)37(31(36)38)26-9-7-6-8-10-26/h6-10,15-20,22,27H,11-14,21H2,1-5H3,(H,33,34). The van der Waals surface area contributed by atoms with Gasteiger partial charge in [0.05, 0.1) is 11.2 Å². The molecule has 1 aromatic carbocycles. The van der Waals surface area contributed by atoms with Gasteiger partial charge in [0.25, 0.3) is 0 Å². The van der Waals surface area contributed by atoms with Crippen LogP contribution in [0, 0.1) is 5.92 Å². The fourth-order valence-electron chi connectivity index (χ4n) is 5.66. The van der Waals surface area contributed by atoms with E-state index in [0.29, 0.717) is 24.2 Å². The number of hydrogen-bond acceptors (Lipinski definition) is 4. The van der Waals surface area contributed by atoms with Crippen molar-refractivity contribution < 1.29 is 4.43 Å². The van der Waals surface area contributed by atoms with Crippen LogP contribution in [0.1, 0.15) is 46.5 Å². The highest BCUT2D eigenvalue weighted by atomic mass is 28.4. The van der Waals surface area contributed by atoms with Crippen molar-refractivity contribution in [2.75, 3.05) is 0 Å². The third-order valence-electron chi connectivity index (χ3n) is 9.02. The first kappa shape index (κ1) is 26.7. The van der Waals surface area contributed by atoms with E-state index in [2.05, 4.69) is 56.0 Å². The van der Waals surface area contributed by atoms with Crippen LogP contribution in [0.4, 0.5) is 0 Å². The van der Waals surface area contributed by atoms with Crippen LogP contribution in [0.25, 0.3) is 39.0 Å². The van der Waals surface area contributed by atoms with E-state index in [9.17, 15) is 4.79 Å². The predicted molar refractivity (Wildman–Crippen MR) is 164 cm³/mol. The molecule has 1 aliphatic carbocycles. The molecular weight excluding hydrogens is 514 g/mol. The number of nitrogens with one attached hydrogen (secondary N) is 1. The maximum Gasteiger partial charge on any atom is 0.334 e. The summed E-state index contributed by atoms with van der Waals surface area (Å²) in [5.41, 5.74) is 5.14. The zero-order valence-electron chi connectivity index (χ0n) is 24.1. The van der Waals surface area contributed by atoms with Crippen LogP contribution in [0.15, 0.2) is 71.9 Å². The fourth-order valence-corrected chi connectivity index (χ4v) is 7.08. The number of rotatable bonds is 6. The Morgan fingerprint density at radius 2 is 1.68 bits per heavy atom. The normalized spacial score (nSPS) is 18.5. The summed E-state index contributed by atoms with van der Waals surface area (Å²) in [6.07, 6.45) is 10.2. The highest BCUT2D eigenvalue weighted by molar-refractivity contribution is 6.74. The summed E-state index contributed by atoms with van der Waals surface area (Å²) < 4.78 is 10.4. The summed E-state index contributed by atoms with van der Waals surface area (Å²) in [7, 11) is -1.79. The summed E-state index contributed by atoms with van der Waals surface area (Å²) in [6, 6.07) is 16.1. The number of imidazole rings is 1. The molecule has 0 saturated heterocycles. The van der Waals surface area contributed by atoms with Crippen molar-refractivity contribution in [2.45, 2.75) is 77.2 Å². The summed E-state index contributed by atoms with van der Waals surface area (Å²) in [5.74, 6) is 0.424. The van der Waals surface area contributed by atoms with E-state index in [-0.39, 0.29) is 10.7 Å². The smallest absolute Gasteiger partial charge is 0.334 e. The van der Waals surface area contributed by atoms with Gasteiger partial charge in [-0.1, -0.05) is 39.0 Å². The van der Waals surface area contributed by atoms with Crippen molar-refractivity contribution >= 4 is 30.5 Å². The third-order valence-corrected chi connectivity index (χ3v) is 13.6. The maximum atomic E-state index is 14.0. The van der Waals surface area contributed by atoms with Gasteiger partial charge in [-0.3, -0.25) is 4.57 Å². The molecule has 208 valence electrons. The lowest BCUT2D eigenvalue weighted by atomic mass is 9.87. The van der Waals surface area contributed by atoms with Crippen LogP contribution in [0.3, 0.4) is 0 Å². The minimum atomic E-state index is -1.79. The number of aromatic amines is 1. The Labute approximate surface area is 236 Å². The molecule has 8 heteroatoms. The number of hydrogen-bond donors (Lipinski definition) is 1. The Morgan fingerprint density at radius 1 is 0.975 bits per heavy atom. The Hall–Kier alpha value is -3.49. The highest BCUT2D eigenvalue weighted by Crippen LogP contribution is 2.40.